The van der Waals surface area contributed by atoms with Crippen LogP contribution in [0.15, 0.2) is 18.9 Å². The minimum Gasteiger partial charge on any atom is -0.311 e. The number of allylic oxidation sites excluding steroid dienone is 1. The molecule has 114 valence electrons. The highest BCUT2D eigenvalue weighted by atomic mass is 15.4. The van der Waals surface area contributed by atoms with Gasteiger partial charge in [0.05, 0.1) is 12.2 Å². The predicted octanol–water partition coefficient (Wildman–Crippen LogP) is 1.92. The van der Waals surface area contributed by atoms with Gasteiger partial charge in [-0.2, -0.15) is 0 Å². The third-order valence-corrected chi connectivity index (χ3v) is 3.10. The van der Waals surface area contributed by atoms with Crippen LogP contribution in [-0.2, 0) is 13.1 Å². The number of unbranched alkanes of at least 4 members (excludes halogenated alkanes) is 1. The van der Waals surface area contributed by atoms with Crippen molar-refractivity contribution in [1.29, 1.82) is 0 Å². The molecule has 0 aliphatic heterocycles. The van der Waals surface area contributed by atoms with E-state index >= 15 is 0 Å². The van der Waals surface area contributed by atoms with E-state index in [-0.39, 0.29) is 0 Å². The minimum absolute atomic E-state index is 0.661. The van der Waals surface area contributed by atoms with Gasteiger partial charge in [0.1, 0.15) is 0 Å². The van der Waals surface area contributed by atoms with Crippen LogP contribution in [0, 0.1) is 5.92 Å². The lowest BCUT2D eigenvalue weighted by atomic mass is 10.2. The molecule has 1 heterocycles. The van der Waals surface area contributed by atoms with E-state index in [2.05, 4.69) is 48.0 Å². The van der Waals surface area contributed by atoms with Crippen molar-refractivity contribution in [2.75, 3.05) is 26.7 Å². The van der Waals surface area contributed by atoms with Gasteiger partial charge in [-0.15, -0.1) is 11.7 Å². The van der Waals surface area contributed by atoms with E-state index in [0.717, 1.165) is 44.8 Å². The summed E-state index contributed by atoms with van der Waals surface area (Å²) in [6, 6.07) is 0. The van der Waals surface area contributed by atoms with Gasteiger partial charge in [0.25, 0.3) is 0 Å². The van der Waals surface area contributed by atoms with E-state index < -0.39 is 0 Å². The quantitative estimate of drug-likeness (QED) is 0.496. The highest BCUT2D eigenvalue weighted by molar-refractivity contribution is 4.91. The number of likely N-dealkylation sites (N-methyl/N-ethyl adjacent to an activating group) is 1. The monoisotopic (exact) mass is 279 g/mol. The second-order valence-electron chi connectivity index (χ2n) is 5.73. The Kier molecular flexibility index (Phi) is 8.14. The maximum Gasteiger partial charge on any atom is 0.0964 e. The molecule has 0 unspecified atom stereocenters. The van der Waals surface area contributed by atoms with Gasteiger partial charge in [-0.25, -0.2) is 0 Å². The van der Waals surface area contributed by atoms with E-state index in [1.165, 1.54) is 6.42 Å². The predicted molar refractivity (Wildman–Crippen MR) is 83.5 cm³/mol. The molecule has 1 aromatic heterocycles. The van der Waals surface area contributed by atoms with Crippen molar-refractivity contribution >= 4 is 0 Å². The van der Waals surface area contributed by atoms with E-state index in [1.807, 2.05) is 17.0 Å². The molecule has 20 heavy (non-hydrogen) atoms. The molecular formula is C15H29N5. The zero-order valence-corrected chi connectivity index (χ0v) is 13.2. The molecule has 0 atom stereocenters. The average molecular weight is 279 g/mol. The van der Waals surface area contributed by atoms with Crippen LogP contribution < -0.4 is 5.32 Å². The summed E-state index contributed by atoms with van der Waals surface area (Å²) < 4.78 is 1.93. The molecule has 0 fully saturated rings. The molecule has 0 saturated heterocycles. The Balaban J connectivity index is 2.20. The molecule has 0 aliphatic carbocycles. The van der Waals surface area contributed by atoms with Gasteiger partial charge >= 0.3 is 0 Å². The zero-order chi connectivity index (χ0) is 14.8. The fourth-order valence-electron chi connectivity index (χ4n) is 1.91. The van der Waals surface area contributed by atoms with Crippen LogP contribution in [0.3, 0.4) is 0 Å². The van der Waals surface area contributed by atoms with E-state index in [1.54, 1.807) is 0 Å². The van der Waals surface area contributed by atoms with Crippen LogP contribution in [0.5, 0.6) is 0 Å². The molecule has 0 radical (unpaired) electrons. The van der Waals surface area contributed by atoms with Gasteiger partial charge in [-0.1, -0.05) is 25.1 Å². The zero-order valence-electron chi connectivity index (χ0n) is 13.2. The fraction of sp³-hybridized carbons (Fsp3) is 0.733. The largest absolute Gasteiger partial charge is 0.311 e. The maximum atomic E-state index is 4.19. The van der Waals surface area contributed by atoms with Crippen molar-refractivity contribution in [1.82, 2.24) is 25.2 Å². The van der Waals surface area contributed by atoms with Gasteiger partial charge in [-0.3, -0.25) is 4.68 Å². The number of hydrogen-bond acceptors (Lipinski definition) is 4. The Labute approximate surface area is 123 Å². The number of rotatable bonds is 11. The van der Waals surface area contributed by atoms with Crippen molar-refractivity contribution in [2.24, 2.45) is 5.92 Å². The summed E-state index contributed by atoms with van der Waals surface area (Å²) in [6.45, 7) is 12.9. The highest BCUT2D eigenvalue weighted by Gasteiger charge is 2.03. The molecule has 1 aromatic rings. The summed E-state index contributed by atoms with van der Waals surface area (Å²) in [4.78, 5) is 2.32. The standard InChI is InChI=1S/C15H29N5/c1-5-6-7-8-19(4)9-10-20-13-15(17-18-20)12-16-11-14(2)3/h5,13-14,16H,1,6-12H2,2-4H3. The third kappa shape index (κ3) is 7.40. The van der Waals surface area contributed by atoms with Crippen LogP contribution in [0.2, 0.25) is 0 Å². The van der Waals surface area contributed by atoms with Gasteiger partial charge in [0, 0.05) is 19.3 Å². The van der Waals surface area contributed by atoms with Gasteiger partial charge in [0.2, 0.25) is 0 Å². The molecule has 5 heteroatoms. The molecule has 0 spiro atoms. The molecule has 0 aliphatic rings. The Morgan fingerprint density at radius 2 is 2.25 bits per heavy atom. The SMILES string of the molecule is C=CCCCN(C)CCn1cc(CNCC(C)C)nn1. The summed E-state index contributed by atoms with van der Waals surface area (Å²) in [6.07, 6.45) is 6.26. The van der Waals surface area contributed by atoms with Crippen molar-refractivity contribution in [2.45, 2.75) is 39.8 Å². The number of nitrogens with zero attached hydrogens (tertiary/aromatic N) is 4. The van der Waals surface area contributed by atoms with Crippen molar-refractivity contribution in [3.63, 3.8) is 0 Å². The molecule has 0 amide bonds. The lowest BCUT2D eigenvalue weighted by Gasteiger charge is -2.15. The van der Waals surface area contributed by atoms with Crippen molar-refractivity contribution in [3.8, 4) is 0 Å². The Hall–Kier alpha value is -1.20. The molecule has 0 aromatic carbocycles. The number of hydrogen-bond donors (Lipinski definition) is 1. The van der Waals surface area contributed by atoms with Gasteiger partial charge < -0.3 is 10.2 Å². The van der Waals surface area contributed by atoms with Gasteiger partial charge in [0.15, 0.2) is 0 Å². The summed E-state index contributed by atoms with van der Waals surface area (Å²) in [5.41, 5.74) is 1.01. The lowest BCUT2D eigenvalue weighted by Crippen LogP contribution is -2.24. The molecule has 0 saturated carbocycles. The first kappa shape index (κ1) is 16.9. The number of nitrogens with one attached hydrogen (secondary N) is 1. The molecular weight excluding hydrogens is 250 g/mol. The van der Waals surface area contributed by atoms with Crippen molar-refractivity contribution in [3.05, 3.63) is 24.5 Å². The second-order valence-corrected chi connectivity index (χ2v) is 5.73. The minimum atomic E-state index is 0.661. The molecule has 1 N–H and O–H groups in total. The van der Waals surface area contributed by atoms with Crippen LogP contribution in [-0.4, -0.2) is 46.6 Å². The topological polar surface area (TPSA) is 46.0 Å². The fourth-order valence-corrected chi connectivity index (χ4v) is 1.91. The Bertz CT molecular complexity index is 372. The maximum absolute atomic E-state index is 4.19. The molecule has 1 rings (SSSR count). The summed E-state index contributed by atoms with van der Waals surface area (Å²) in [7, 11) is 2.14. The highest BCUT2D eigenvalue weighted by Crippen LogP contribution is 1.97. The Morgan fingerprint density at radius 3 is 2.95 bits per heavy atom. The van der Waals surface area contributed by atoms with Crippen molar-refractivity contribution < 1.29 is 0 Å². The van der Waals surface area contributed by atoms with E-state index in [0.29, 0.717) is 5.92 Å². The first-order valence-electron chi connectivity index (χ1n) is 7.51. The summed E-state index contributed by atoms with van der Waals surface area (Å²) >= 11 is 0. The first-order chi connectivity index (χ1) is 9.61. The van der Waals surface area contributed by atoms with Gasteiger partial charge in [-0.05, 0) is 38.9 Å². The van der Waals surface area contributed by atoms with E-state index in [4.69, 9.17) is 0 Å². The average Bonchev–Trinajstić information content (AvgIpc) is 2.84. The lowest BCUT2D eigenvalue weighted by molar-refractivity contribution is 0.308. The first-order valence-corrected chi connectivity index (χ1v) is 7.51. The van der Waals surface area contributed by atoms with E-state index in [9.17, 15) is 0 Å². The third-order valence-electron chi connectivity index (χ3n) is 3.10. The number of aromatic nitrogens is 3. The summed E-state index contributed by atoms with van der Waals surface area (Å²) in [5, 5.41) is 11.7. The smallest absolute Gasteiger partial charge is 0.0964 e. The molecule has 5 nitrogen and oxygen atoms in total. The second kappa shape index (κ2) is 9.66. The summed E-state index contributed by atoms with van der Waals surface area (Å²) in [5.74, 6) is 0.661. The Morgan fingerprint density at radius 1 is 1.45 bits per heavy atom. The normalized spacial score (nSPS) is 11.4. The van der Waals surface area contributed by atoms with Crippen LogP contribution >= 0.6 is 0 Å². The van der Waals surface area contributed by atoms with Crippen LogP contribution in [0.4, 0.5) is 0 Å². The van der Waals surface area contributed by atoms with Crippen LogP contribution in [0.25, 0.3) is 0 Å². The molecule has 0 bridgehead atoms. The van der Waals surface area contributed by atoms with Crippen LogP contribution in [0.1, 0.15) is 32.4 Å².